The van der Waals surface area contributed by atoms with Crippen LogP contribution in [0, 0.1) is 6.92 Å². The molecule has 0 bridgehead atoms. The molecule has 174 valence electrons. The molecule has 1 amide bonds. The van der Waals surface area contributed by atoms with Gasteiger partial charge in [-0.25, -0.2) is 8.42 Å². The Bertz CT molecular complexity index is 999. The molecule has 7 heteroatoms. The lowest BCUT2D eigenvalue weighted by Gasteiger charge is -2.29. The molecule has 0 saturated carbocycles. The quantitative estimate of drug-likeness (QED) is 0.606. The summed E-state index contributed by atoms with van der Waals surface area (Å²) in [5.41, 5.74) is 3.86. The molecule has 0 radical (unpaired) electrons. The van der Waals surface area contributed by atoms with Crippen LogP contribution in [0.4, 0.5) is 11.4 Å². The van der Waals surface area contributed by atoms with E-state index in [2.05, 4.69) is 34.5 Å². The average Bonchev–Trinajstić information content (AvgIpc) is 2.77. The van der Waals surface area contributed by atoms with E-state index in [1.54, 1.807) is 6.07 Å². The highest BCUT2D eigenvalue weighted by molar-refractivity contribution is 7.92. The fraction of sp³-hybridized carbons (Fsp3) is 0.480. The van der Waals surface area contributed by atoms with Gasteiger partial charge < -0.3 is 10.2 Å². The lowest BCUT2D eigenvalue weighted by molar-refractivity contribution is -0.121. The standard InChI is InChI=1S/C25H35N3O3S/c1-20-10-5-6-11-24(20)28(32(3,30)31)19-9-12-25(29)26-21(2)22-13-15-23(16-14-22)27-17-7-4-8-18-27/h5-6,10-11,13-16,21H,4,7-9,12,17-19H2,1-3H3,(H,26,29)/t21-/m0/s1. The predicted octanol–water partition coefficient (Wildman–Crippen LogP) is 4.41. The van der Waals surface area contributed by atoms with Gasteiger partial charge in [0.1, 0.15) is 0 Å². The Kier molecular flexibility index (Phi) is 8.18. The Labute approximate surface area is 192 Å². The molecule has 1 aliphatic heterocycles. The summed E-state index contributed by atoms with van der Waals surface area (Å²) in [6.45, 7) is 6.36. The number of nitrogens with one attached hydrogen (secondary N) is 1. The number of rotatable bonds is 9. The first kappa shape index (κ1) is 24.1. The van der Waals surface area contributed by atoms with Gasteiger partial charge in [-0.2, -0.15) is 0 Å². The van der Waals surface area contributed by atoms with Crippen molar-refractivity contribution < 1.29 is 13.2 Å². The van der Waals surface area contributed by atoms with E-state index >= 15 is 0 Å². The number of anilines is 2. The maximum atomic E-state index is 12.5. The van der Waals surface area contributed by atoms with Crippen LogP contribution in [0.15, 0.2) is 48.5 Å². The van der Waals surface area contributed by atoms with Crippen molar-refractivity contribution in [3.8, 4) is 0 Å². The highest BCUT2D eigenvalue weighted by atomic mass is 32.2. The van der Waals surface area contributed by atoms with Crippen LogP contribution in [-0.4, -0.2) is 40.2 Å². The molecular formula is C25H35N3O3S. The number of hydrogen-bond donors (Lipinski definition) is 1. The van der Waals surface area contributed by atoms with Crippen LogP contribution in [0.1, 0.15) is 56.2 Å². The molecule has 3 rings (SSSR count). The average molecular weight is 458 g/mol. The molecule has 6 nitrogen and oxygen atoms in total. The minimum absolute atomic E-state index is 0.0733. The van der Waals surface area contributed by atoms with Crippen LogP contribution in [-0.2, 0) is 14.8 Å². The molecule has 1 heterocycles. The zero-order chi connectivity index (χ0) is 23.1. The minimum Gasteiger partial charge on any atom is -0.372 e. The first-order valence-corrected chi connectivity index (χ1v) is 13.3. The minimum atomic E-state index is -3.42. The Balaban J connectivity index is 1.52. The van der Waals surface area contributed by atoms with E-state index in [0.717, 1.165) is 24.2 Å². The molecule has 0 spiro atoms. The second-order valence-electron chi connectivity index (χ2n) is 8.65. The number of carbonyl (C=O) groups excluding carboxylic acids is 1. The normalized spacial score (nSPS) is 15.3. The molecule has 2 aromatic carbocycles. The monoisotopic (exact) mass is 457 g/mol. The number of piperidine rings is 1. The summed E-state index contributed by atoms with van der Waals surface area (Å²) in [6, 6.07) is 15.7. The van der Waals surface area contributed by atoms with Crippen molar-refractivity contribution in [1.82, 2.24) is 5.32 Å². The topological polar surface area (TPSA) is 69.7 Å². The van der Waals surface area contributed by atoms with Gasteiger partial charge in [0.15, 0.2) is 0 Å². The number of hydrogen-bond acceptors (Lipinski definition) is 4. The summed E-state index contributed by atoms with van der Waals surface area (Å²) in [4.78, 5) is 14.9. The third-order valence-corrected chi connectivity index (χ3v) is 7.22. The molecule has 0 aromatic heterocycles. The maximum absolute atomic E-state index is 12.5. The first-order valence-electron chi connectivity index (χ1n) is 11.4. The molecule has 1 saturated heterocycles. The SMILES string of the molecule is Cc1ccccc1N(CCCC(=O)N[C@@H](C)c1ccc(N2CCCCC2)cc1)S(C)(=O)=O. The summed E-state index contributed by atoms with van der Waals surface area (Å²) in [5, 5.41) is 3.04. The van der Waals surface area contributed by atoms with Crippen LogP contribution < -0.4 is 14.5 Å². The van der Waals surface area contributed by atoms with Gasteiger partial charge in [0.2, 0.25) is 15.9 Å². The largest absolute Gasteiger partial charge is 0.372 e. The van der Waals surface area contributed by atoms with E-state index in [0.29, 0.717) is 12.1 Å². The van der Waals surface area contributed by atoms with Crippen molar-refractivity contribution in [2.24, 2.45) is 0 Å². The predicted molar refractivity (Wildman–Crippen MR) is 132 cm³/mol. The number of nitrogens with zero attached hydrogens (tertiary/aromatic N) is 2. The molecule has 1 N–H and O–H groups in total. The van der Waals surface area contributed by atoms with Crippen molar-refractivity contribution >= 4 is 27.3 Å². The third-order valence-electron chi connectivity index (χ3n) is 6.04. The molecule has 0 unspecified atom stereocenters. The van der Waals surface area contributed by atoms with Crippen molar-refractivity contribution in [3.05, 3.63) is 59.7 Å². The smallest absolute Gasteiger partial charge is 0.232 e. The molecule has 1 atom stereocenters. The van der Waals surface area contributed by atoms with Crippen molar-refractivity contribution in [2.75, 3.05) is 35.1 Å². The van der Waals surface area contributed by atoms with Gasteiger partial charge in [-0.3, -0.25) is 9.10 Å². The molecule has 2 aromatic rings. The summed E-state index contributed by atoms with van der Waals surface area (Å²) >= 11 is 0. The summed E-state index contributed by atoms with van der Waals surface area (Å²) in [6.07, 6.45) is 5.73. The van der Waals surface area contributed by atoms with Crippen molar-refractivity contribution in [1.29, 1.82) is 0 Å². The maximum Gasteiger partial charge on any atom is 0.232 e. The number of para-hydroxylation sites is 1. The van der Waals surface area contributed by atoms with E-state index in [1.165, 1.54) is 35.5 Å². The fourth-order valence-corrected chi connectivity index (χ4v) is 5.24. The van der Waals surface area contributed by atoms with Gasteiger partial charge >= 0.3 is 0 Å². The summed E-state index contributed by atoms with van der Waals surface area (Å²) in [5.74, 6) is -0.0733. The van der Waals surface area contributed by atoms with Gasteiger partial charge in [-0.05, 0) is 68.9 Å². The van der Waals surface area contributed by atoms with Gasteiger partial charge in [0.05, 0.1) is 18.0 Å². The van der Waals surface area contributed by atoms with E-state index in [1.807, 2.05) is 32.0 Å². The zero-order valence-corrected chi connectivity index (χ0v) is 20.2. The number of carbonyl (C=O) groups is 1. The van der Waals surface area contributed by atoms with Crippen LogP contribution in [0.25, 0.3) is 0 Å². The lowest BCUT2D eigenvalue weighted by atomic mass is 10.1. The Hall–Kier alpha value is -2.54. The van der Waals surface area contributed by atoms with Crippen LogP contribution in [0.5, 0.6) is 0 Å². The van der Waals surface area contributed by atoms with Crippen molar-refractivity contribution in [2.45, 2.75) is 52.0 Å². The molecule has 32 heavy (non-hydrogen) atoms. The molecule has 1 aliphatic rings. The highest BCUT2D eigenvalue weighted by Crippen LogP contribution is 2.24. The molecule has 1 fully saturated rings. The summed E-state index contributed by atoms with van der Waals surface area (Å²) in [7, 11) is -3.42. The summed E-state index contributed by atoms with van der Waals surface area (Å²) < 4.78 is 26.0. The number of amides is 1. The second-order valence-corrected chi connectivity index (χ2v) is 10.6. The Morgan fingerprint density at radius 1 is 1.06 bits per heavy atom. The van der Waals surface area contributed by atoms with Crippen molar-refractivity contribution in [3.63, 3.8) is 0 Å². The molecule has 0 aliphatic carbocycles. The first-order chi connectivity index (χ1) is 15.3. The van der Waals surface area contributed by atoms with E-state index in [9.17, 15) is 13.2 Å². The van der Waals surface area contributed by atoms with E-state index < -0.39 is 10.0 Å². The lowest BCUT2D eigenvalue weighted by Crippen LogP contribution is -2.33. The second kappa shape index (κ2) is 10.9. The fourth-order valence-electron chi connectivity index (χ4n) is 4.21. The van der Waals surface area contributed by atoms with Crippen LogP contribution >= 0.6 is 0 Å². The molecular weight excluding hydrogens is 422 g/mol. The number of sulfonamides is 1. The number of aryl methyl sites for hydroxylation is 1. The number of benzene rings is 2. The van der Waals surface area contributed by atoms with Gasteiger partial charge in [0, 0.05) is 31.7 Å². The van der Waals surface area contributed by atoms with Gasteiger partial charge in [-0.1, -0.05) is 30.3 Å². The van der Waals surface area contributed by atoms with E-state index in [4.69, 9.17) is 0 Å². The Morgan fingerprint density at radius 3 is 2.34 bits per heavy atom. The van der Waals surface area contributed by atoms with Crippen LogP contribution in [0.3, 0.4) is 0 Å². The zero-order valence-electron chi connectivity index (χ0n) is 19.4. The van der Waals surface area contributed by atoms with Crippen LogP contribution in [0.2, 0.25) is 0 Å². The van der Waals surface area contributed by atoms with Gasteiger partial charge in [-0.15, -0.1) is 0 Å². The highest BCUT2D eigenvalue weighted by Gasteiger charge is 2.19. The Morgan fingerprint density at radius 2 is 1.72 bits per heavy atom. The van der Waals surface area contributed by atoms with E-state index in [-0.39, 0.29) is 24.9 Å². The van der Waals surface area contributed by atoms with Gasteiger partial charge in [0.25, 0.3) is 0 Å². The third kappa shape index (κ3) is 6.48.